The molecule has 0 saturated heterocycles. The zero-order valence-electron chi connectivity index (χ0n) is 11.8. The lowest BCUT2D eigenvalue weighted by Crippen LogP contribution is -2.45. The largest absolute Gasteiger partial charge is 0.444 e. The first kappa shape index (κ1) is 15.9. The van der Waals surface area contributed by atoms with Crippen molar-refractivity contribution in [2.75, 3.05) is 6.54 Å². The van der Waals surface area contributed by atoms with Gasteiger partial charge in [0.25, 0.3) is 0 Å². The van der Waals surface area contributed by atoms with Crippen molar-refractivity contribution in [3.05, 3.63) is 0 Å². The standard InChI is InChI=1S/C13H25NO3/c1-7-11(9-15)14(8-10(2)3)12(16)17-13(4,5)6/h9-11H,7-8H2,1-6H3. The van der Waals surface area contributed by atoms with E-state index in [1.54, 1.807) is 0 Å². The highest BCUT2D eigenvalue weighted by Crippen LogP contribution is 2.14. The van der Waals surface area contributed by atoms with E-state index in [-0.39, 0.29) is 0 Å². The fourth-order valence-electron chi connectivity index (χ4n) is 1.45. The summed E-state index contributed by atoms with van der Waals surface area (Å²) in [6.45, 7) is 11.9. The van der Waals surface area contributed by atoms with Crippen LogP contribution in [0.1, 0.15) is 48.0 Å². The Kier molecular flexibility index (Phi) is 6.21. The van der Waals surface area contributed by atoms with Crippen molar-refractivity contribution in [3.63, 3.8) is 0 Å². The number of amides is 1. The molecule has 4 heteroatoms. The van der Waals surface area contributed by atoms with Gasteiger partial charge in [-0.15, -0.1) is 0 Å². The summed E-state index contributed by atoms with van der Waals surface area (Å²) < 4.78 is 5.31. The van der Waals surface area contributed by atoms with E-state index < -0.39 is 17.7 Å². The van der Waals surface area contributed by atoms with Gasteiger partial charge in [-0.2, -0.15) is 0 Å². The maximum Gasteiger partial charge on any atom is 0.410 e. The van der Waals surface area contributed by atoms with Crippen LogP contribution in [0.3, 0.4) is 0 Å². The van der Waals surface area contributed by atoms with Gasteiger partial charge in [-0.25, -0.2) is 4.79 Å². The van der Waals surface area contributed by atoms with Gasteiger partial charge in [0, 0.05) is 6.54 Å². The van der Waals surface area contributed by atoms with Crippen molar-refractivity contribution in [1.82, 2.24) is 4.90 Å². The molecule has 0 heterocycles. The summed E-state index contributed by atoms with van der Waals surface area (Å²) in [5.41, 5.74) is -0.534. The summed E-state index contributed by atoms with van der Waals surface area (Å²) >= 11 is 0. The molecule has 17 heavy (non-hydrogen) atoms. The van der Waals surface area contributed by atoms with Gasteiger partial charge in [0.2, 0.25) is 0 Å². The molecule has 0 N–H and O–H groups in total. The third-order valence-electron chi connectivity index (χ3n) is 2.17. The topological polar surface area (TPSA) is 46.6 Å². The van der Waals surface area contributed by atoms with Gasteiger partial charge in [0.1, 0.15) is 11.9 Å². The SMILES string of the molecule is CCC(C=O)N(CC(C)C)C(=O)OC(C)(C)C. The average molecular weight is 243 g/mol. The molecule has 0 spiro atoms. The lowest BCUT2D eigenvalue weighted by atomic mass is 10.1. The molecule has 100 valence electrons. The second kappa shape index (κ2) is 6.62. The van der Waals surface area contributed by atoms with E-state index in [4.69, 9.17) is 4.74 Å². The number of aldehydes is 1. The number of nitrogens with zero attached hydrogens (tertiary/aromatic N) is 1. The van der Waals surface area contributed by atoms with Crippen LogP contribution in [0.25, 0.3) is 0 Å². The molecule has 0 radical (unpaired) electrons. The van der Waals surface area contributed by atoms with Crippen LogP contribution in [0, 0.1) is 5.92 Å². The Bertz CT molecular complexity index is 256. The van der Waals surface area contributed by atoms with Crippen LogP contribution in [0.15, 0.2) is 0 Å². The summed E-state index contributed by atoms with van der Waals surface area (Å²) in [4.78, 5) is 24.5. The molecule has 0 aromatic heterocycles. The zero-order valence-corrected chi connectivity index (χ0v) is 11.8. The highest BCUT2D eigenvalue weighted by atomic mass is 16.6. The maximum absolute atomic E-state index is 12.0. The van der Waals surface area contributed by atoms with Crippen molar-refractivity contribution in [2.24, 2.45) is 5.92 Å². The van der Waals surface area contributed by atoms with Crippen LogP contribution >= 0.6 is 0 Å². The highest BCUT2D eigenvalue weighted by Gasteiger charge is 2.27. The Hall–Kier alpha value is -1.06. The molecule has 0 aliphatic carbocycles. The van der Waals surface area contributed by atoms with Crippen molar-refractivity contribution < 1.29 is 14.3 Å². The Balaban J connectivity index is 4.78. The van der Waals surface area contributed by atoms with Gasteiger partial charge >= 0.3 is 6.09 Å². The monoisotopic (exact) mass is 243 g/mol. The molecular weight excluding hydrogens is 218 g/mol. The quantitative estimate of drug-likeness (QED) is 0.697. The highest BCUT2D eigenvalue weighted by molar-refractivity contribution is 5.73. The predicted molar refractivity (Wildman–Crippen MR) is 67.9 cm³/mol. The normalized spacial score (nSPS) is 13.4. The van der Waals surface area contributed by atoms with E-state index in [2.05, 4.69) is 0 Å². The minimum Gasteiger partial charge on any atom is -0.444 e. The maximum atomic E-state index is 12.0. The summed E-state index contributed by atoms with van der Waals surface area (Å²) in [5, 5.41) is 0. The fourth-order valence-corrected chi connectivity index (χ4v) is 1.45. The van der Waals surface area contributed by atoms with Crippen molar-refractivity contribution in [1.29, 1.82) is 0 Å². The van der Waals surface area contributed by atoms with Crippen LogP contribution in [0.4, 0.5) is 4.79 Å². The first-order valence-electron chi connectivity index (χ1n) is 6.16. The number of ether oxygens (including phenoxy) is 1. The van der Waals surface area contributed by atoms with Gasteiger partial charge < -0.3 is 9.53 Å². The predicted octanol–water partition coefficient (Wildman–Crippen LogP) is 2.86. The number of hydrogen-bond acceptors (Lipinski definition) is 3. The Morgan fingerprint density at radius 1 is 1.35 bits per heavy atom. The van der Waals surface area contributed by atoms with E-state index in [0.29, 0.717) is 18.9 Å². The number of carbonyl (C=O) groups is 2. The van der Waals surface area contributed by atoms with Gasteiger partial charge in [-0.05, 0) is 33.1 Å². The molecule has 0 aliphatic heterocycles. The Morgan fingerprint density at radius 3 is 2.18 bits per heavy atom. The van der Waals surface area contributed by atoms with Gasteiger partial charge in [0.15, 0.2) is 0 Å². The van der Waals surface area contributed by atoms with Crippen molar-refractivity contribution in [2.45, 2.75) is 59.6 Å². The van der Waals surface area contributed by atoms with E-state index in [0.717, 1.165) is 6.29 Å². The average Bonchev–Trinajstić information content (AvgIpc) is 2.14. The summed E-state index contributed by atoms with van der Waals surface area (Å²) in [5.74, 6) is 0.302. The van der Waals surface area contributed by atoms with Crippen LogP contribution in [-0.4, -0.2) is 35.5 Å². The van der Waals surface area contributed by atoms with Crippen LogP contribution in [0.5, 0.6) is 0 Å². The molecule has 0 fully saturated rings. The number of carbonyl (C=O) groups excluding carboxylic acids is 2. The Morgan fingerprint density at radius 2 is 1.88 bits per heavy atom. The summed E-state index contributed by atoms with van der Waals surface area (Å²) in [6.07, 6.45) is 1.01. The Labute approximate surface area is 104 Å². The smallest absolute Gasteiger partial charge is 0.410 e. The summed E-state index contributed by atoms with van der Waals surface area (Å²) in [7, 11) is 0. The minimum atomic E-state index is -0.534. The van der Waals surface area contributed by atoms with Crippen LogP contribution in [-0.2, 0) is 9.53 Å². The first-order chi connectivity index (χ1) is 7.71. The second-order valence-corrected chi connectivity index (χ2v) is 5.64. The zero-order chi connectivity index (χ0) is 13.6. The summed E-state index contributed by atoms with van der Waals surface area (Å²) in [6, 6.07) is -0.396. The molecule has 1 amide bonds. The van der Waals surface area contributed by atoms with Gasteiger partial charge in [-0.1, -0.05) is 20.8 Å². The van der Waals surface area contributed by atoms with E-state index >= 15 is 0 Å². The first-order valence-corrected chi connectivity index (χ1v) is 6.16. The van der Waals surface area contributed by atoms with Gasteiger partial charge in [-0.3, -0.25) is 4.90 Å². The molecule has 0 aliphatic rings. The van der Waals surface area contributed by atoms with Gasteiger partial charge in [0.05, 0.1) is 6.04 Å². The molecule has 0 bridgehead atoms. The molecule has 1 unspecified atom stereocenters. The van der Waals surface area contributed by atoms with E-state index in [1.807, 2.05) is 41.5 Å². The van der Waals surface area contributed by atoms with Crippen molar-refractivity contribution in [3.8, 4) is 0 Å². The molecular formula is C13H25NO3. The lowest BCUT2D eigenvalue weighted by molar-refractivity contribution is -0.112. The van der Waals surface area contributed by atoms with Crippen LogP contribution < -0.4 is 0 Å². The third kappa shape index (κ3) is 6.29. The lowest BCUT2D eigenvalue weighted by Gasteiger charge is -2.31. The molecule has 1 atom stereocenters. The minimum absolute atomic E-state index is 0.302. The third-order valence-corrected chi connectivity index (χ3v) is 2.17. The van der Waals surface area contributed by atoms with Crippen LogP contribution in [0.2, 0.25) is 0 Å². The molecule has 4 nitrogen and oxygen atoms in total. The molecule has 0 aromatic carbocycles. The second-order valence-electron chi connectivity index (χ2n) is 5.64. The fraction of sp³-hybridized carbons (Fsp3) is 0.846. The number of rotatable bonds is 5. The number of hydrogen-bond donors (Lipinski definition) is 0. The molecule has 0 aromatic rings. The van der Waals surface area contributed by atoms with E-state index in [1.165, 1.54) is 4.90 Å². The molecule has 0 rings (SSSR count). The van der Waals surface area contributed by atoms with Crippen molar-refractivity contribution >= 4 is 12.4 Å². The van der Waals surface area contributed by atoms with E-state index in [9.17, 15) is 9.59 Å². The molecule has 0 saturated carbocycles.